The Morgan fingerprint density at radius 2 is 2.12 bits per heavy atom. The molecule has 0 atom stereocenters. The van der Waals surface area contributed by atoms with Gasteiger partial charge in [0.1, 0.15) is 17.7 Å². The van der Waals surface area contributed by atoms with Crippen molar-refractivity contribution in [1.82, 2.24) is 4.98 Å². The number of oxazole rings is 1. The van der Waals surface area contributed by atoms with E-state index in [9.17, 15) is 0 Å². The summed E-state index contributed by atoms with van der Waals surface area (Å²) >= 11 is 11.9. The molecule has 0 aliphatic heterocycles. The van der Waals surface area contributed by atoms with Crippen molar-refractivity contribution in [1.29, 1.82) is 0 Å². The monoisotopic (exact) mass is 258 g/mol. The Labute approximate surface area is 102 Å². The van der Waals surface area contributed by atoms with E-state index in [1.54, 1.807) is 12.1 Å². The first-order valence-electron chi connectivity index (χ1n) is 4.36. The number of methoxy groups -OCH3 is 1. The van der Waals surface area contributed by atoms with Crippen molar-refractivity contribution in [3.63, 3.8) is 0 Å². The van der Waals surface area contributed by atoms with Crippen LogP contribution in [0.1, 0.15) is 0 Å². The molecule has 1 heterocycles. The average Bonchev–Trinajstić information content (AvgIpc) is 2.63. The Balaban J connectivity index is 2.63. The van der Waals surface area contributed by atoms with E-state index < -0.39 is 0 Å². The average molecular weight is 259 g/mol. The minimum absolute atomic E-state index is 0.0770. The lowest BCUT2D eigenvalue weighted by molar-refractivity contribution is 0.416. The molecule has 0 aliphatic rings. The van der Waals surface area contributed by atoms with Gasteiger partial charge in [0.05, 0.1) is 12.1 Å². The molecular formula is C10H8Cl2N2O2. The molecule has 0 amide bonds. The second-order valence-corrected chi connectivity index (χ2v) is 3.88. The van der Waals surface area contributed by atoms with E-state index in [-0.39, 0.29) is 6.01 Å². The molecule has 1 aromatic carbocycles. The fourth-order valence-electron chi connectivity index (χ4n) is 1.37. The van der Waals surface area contributed by atoms with Gasteiger partial charge in [0, 0.05) is 10.6 Å². The molecule has 2 aromatic rings. The van der Waals surface area contributed by atoms with Gasteiger partial charge in [0.2, 0.25) is 0 Å². The lowest BCUT2D eigenvalue weighted by Crippen LogP contribution is -1.90. The van der Waals surface area contributed by atoms with E-state index in [4.69, 9.17) is 38.1 Å². The number of halogens is 2. The van der Waals surface area contributed by atoms with Crippen molar-refractivity contribution in [2.45, 2.75) is 0 Å². The van der Waals surface area contributed by atoms with Crippen LogP contribution in [0, 0.1) is 0 Å². The second kappa shape index (κ2) is 4.23. The fraction of sp³-hybridized carbons (Fsp3) is 0.100. The molecule has 0 aliphatic carbocycles. The van der Waals surface area contributed by atoms with Crippen molar-refractivity contribution in [3.05, 3.63) is 28.4 Å². The van der Waals surface area contributed by atoms with Crippen molar-refractivity contribution in [2.24, 2.45) is 0 Å². The van der Waals surface area contributed by atoms with Gasteiger partial charge >= 0.3 is 0 Å². The van der Waals surface area contributed by atoms with Crippen molar-refractivity contribution in [3.8, 4) is 17.0 Å². The fourth-order valence-corrected chi connectivity index (χ4v) is 1.94. The SMILES string of the molecule is COc1c(Cl)cc(Cl)cc1-c1coc(N)n1. The largest absolute Gasteiger partial charge is 0.494 e. The van der Waals surface area contributed by atoms with Crippen molar-refractivity contribution >= 4 is 29.2 Å². The second-order valence-electron chi connectivity index (χ2n) is 3.04. The van der Waals surface area contributed by atoms with Crippen LogP contribution < -0.4 is 10.5 Å². The van der Waals surface area contributed by atoms with E-state index in [0.717, 1.165) is 0 Å². The Hall–Kier alpha value is -1.39. The first-order chi connectivity index (χ1) is 7.61. The van der Waals surface area contributed by atoms with Gasteiger partial charge in [0.15, 0.2) is 0 Å². The van der Waals surface area contributed by atoms with Crippen LogP contribution in [-0.2, 0) is 0 Å². The minimum Gasteiger partial charge on any atom is -0.494 e. The third-order valence-electron chi connectivity index (χ3n) is 2.01. The number of nitrogens with zero attached hydrogens (tertiary/aromatic N) is 1. The van der Waals surface area contributed by atoms with Gasteiger partial charge in [-0.3, -0.25) is 0 Å². The van der Waals surface area contributed by atoms with Gasteiger partial charge < -0.3 is 14.9 Å². The van der Waals surface area contributed by atoms with Gasteiger partial charge in [-0.2, -0.15) is 4.98 Å². The molecule has 0 bridgehead atoms. The summed E-state index contributed by atoms with van der Waals surface area (Å²) in [7, 11) is 1.52. The Bertz CT molecular complexity index is 526. The van der Waals surface area contributed by atoms with Crippen LogP contribution in [0.4, 0.5) is 6.01 Å². The summed E-state index contributed by atoms with van der Waals surface area (Å²) in [6.45, 7) is 0. The molecule has 1 aromatic heterocycles. The maximum Gasteiger partial charge on any atom is 0.292 e. The predicted octanol–water partition coefficient (Wildman–Crippen LogP) is 3.24. The zero-order chi connectivity index (χ0) is 11.7. The number of hydrogen-bond donors (Lipinski definition) is 1. The molecule has 2 N–H and O–H groups in total. The van der Waals surface area contributed by atoms with Crippen LogP contribution in [0.3, 0.4) is 0 Å². The first kappa shape index (κ1) is 11.1. The quantitative estimate of drug-likeness (QED) is 0.899. The van der Waals surface area contributed by atoms with Crippen molar-refractivity contribution in [2.75, 3.05) is 12.8 Å². The van der Waals surface area contributed by atoms with Crippen LogP contribution >= 0.6 is 23.2 Å². The molecule has 16 heavy (non-hydrogen) atoms. The number of nitrogens with two attached hydrogens (primary N) is 1. The summed E-state index contributed by atoms with van der Waals surface area (Å²) < 4.78 is 10.1. The smallest absolute Gasteiger partial charge is 0.292 e. The maximum absolute atomic E-state index is 5.99. The van der Waals surface area contributed by atoms with Crippen LogP contribution in [-0.4, -0.2) is 12.1 Å². The molecule has 4 nitrogen and oxygen atoms in total. The molecule has 0 spiro atoms. The zero-order valence-corrected chi connectivity index (χ0v) is 9.84. The number of ether oxygens (including phenoxy) is 1. The molecule has 84 valence electrons. The number of aromatic nitrogens is 1. The third kappa shape index (κ3) is 1.94. The normalized spacial score (nSPS) is 10.4. The van der Waals surface area contributed by atoms with Gasteiger partial charge in [-0.15, -0.1) is 0 Å². The molecule has 0 saturated carbocycles. The topological polar surface area (TPSA) is 61.3 Å². The van der Waals surface area contributed by atoms with Gasteiger partial charge in [-0.05, 0) is 12.1 Å². The maximum atomic E-state index is 5.99. The van der Waals surface area contributed by atoms with E-state index >= 15 is 0 Å². The lowest BCUT2D eigenvalue weighted by atomic mass is 10.1. The highest BCUT2D eigenvalue weighted by Gasteiger charge is 2.14. The van der Waals surface area contributed by atoms with E-state index in [0.29, 0.717) is 27.1 Å². The highest BCUT2D eigenvalue weighted by Crippen LogP contribution is 2.38. The predicted molar refractivity (Wildman–Crippen MR) is 62.9 cm³/mol. The summed E-state index contributed by atoms with van der Waals surface area (Å²) in [6.07, 6.45) is 1.42. The van der Waals surface area contributed by atoms with Gasteiger partial charge in [-0.1, -0.05) is 23.2 Å². The summed E-state index contributed by atoms with van der Waals surface area (Å²) in [5.74, 6) is 0.486. The molecule has 0 fully saturated rings. The van der Waals surface area contributed by atoms with E-state index in [2.05, 4.69) is 4.98 Å². The number of benzene rings is 1. The van der Waals surface area contributed by atoms with Crippen LogP contribution in [0.5, 0.6) is 5.75 Å². The van der Waals surface area contributed by atoms with Crippen LogP contribution in [0.2, 0.25) is 10.0 Å². The summed E-state index contributed by atoms with van der Waals surface area (Å²) in [6, 6.07) is 3.35. The molecular weight excluding hydrogens is 251 g/mol. The Kier molecular flexibility index (Phi) is 2.94. The Morgan fingerprint density at radius 1 is 1.38 bits per heavy atom. The molecule has 0 saturated heterocycles. The third-order valence-corrected chi connectivity index (χ3v) is 2.51. The molecule has 2 rings (SSSR count). The summed E-state index contributed by atoms with van der Waals surface area (Å²) in [4.78, 5) is 3.99. The van der Waals surface area contributed by atoms with Crippen LogP contribution in [0.15, 0.2) is 22.8 Å². The standard InChI is InChI=1S/C10H8Cl2N2O2/c1-15-9-6(2-5(11)3-7(9)12)8-4-16-10(13)14-8/h2-4H,1H3,(H2,13,14). The first-order valence-corrected chi connectivity index (χ1v) is 5.12. The molecule has 0 radical (unpaired) electrons. The zero-order valence-electron chi connectivity index (χ0n) is 8.33. The Morgan fingerprint density at radius 3 is 2.69 bits per heavy atom. The van der Waals surface area contributed by atoms with Gasteiger partial charge in [-0.25, -0.2) is 0 Å². The number of anilines is 1. The highest BCUT2D eigenvalue weighted by molar-refractivity contribution is 6.36. The van der Waals surface area contributed by atoms with E-state index in [1.807, 2.05) is 0 Å². The van der Waals surface area contributed by atoms with Crippen molar-refractivity contribution < 1.29 is 9.15 Å². The summed E-state index contributed by atoms with van der Waals surface area (Å²) in [5, 5.41) is 0.897. The number of nitrogen functional groups attached to an aromatic ring is 1. The molecule has 0 unspecified atom stereocenters. The lowest BCUT2D eigenvalue weighted by Gasteiger charge is -2.08. The number of hydrogen-bond acceptors (Lipinski definition) is 4. The minimum atomic E-state index is 0.0770. The van der Waals surface area contributed by atoms with Gasteiger partial charge in [0.25, 0.3) is 6.01 Å². The van der Waals surface area contributed by atoms with Crippen LogP contribution in [0.25, 0.3) is 11.3 Å². The highest BCUT2D eigenvalue weighted by atomic mass is 35.5. The number of rotatable bonds is 2. The molecule has 6 heteroatoms. The summed E-state index contributed by atoms with van der Waals surface area (Å²) in [5.41, 5.74) is 6.56. The van der Waals surface area contributed by atoms with E-state index in [1.165, 1.54) is 13.4 Å².